The van der Waals surface area contributed by atoms with Gasteiger partial charge in [-0.2, -0.15) is 0 Å². The van der Waals surface area contributed by atoms with Gasteiger partial charge in [0.05, 0.1) is 6.04 Å². The van der Waals surface area contributed by atoms with Crippen LogP contribution in [0.5, 0.6) is 0 Å². The van der Waals surface area contributed by atoms with Crippen LogP contribution < -0.4 is 11.1 Å². The highest BCUT2D eigenvalue weighted by atomic mass is 35.5. The molecule has 1 rings (SSSR count). The van der Waals surface area contributed by atoms with Gasteiger partial charge < -0.3 is 11.1 Å². The van der Waals surface area contributed by atoms with Crippen LogP contribution in [-0.4, -0.2) is 12.5 Å². The van der Waals surface area contributed by atoms with Gasteiger partial charge in [0.2, 0.25) is 5.91 Å². The Hall–Kier alpha value is -0.580. The molecule has 1 amide bonds. The standard InChI is InChI=1S/C10H16N2OS.ClH/c1-2-8(9-4-3-7-14-9)12-10(13)5-6-11;/h3-4,7-8H,2,5-6,11H2,1H3,(H,12,13);1H. The van der Waals surface area contributed by atoms with Crippen LogP contribution in [0.15, 0.2) is 17.5 Å². The highest BCUT2D eigenvalue weighted by Crippen LogP contribution is 2.21. The average molecular weight is 249 g/mol. The molecule has 15 heavy (non-hydrogen) atoms. The molecule has 0 aromatic carbocycles. The second kappa shape index (κ2) is 7.68. The van der Waals surface area contributed by atoms with E-state index < -0.39 is 0 Å². The lowest BCUT2D eigenvalue weighted by Crippen LogP contribution is -2.29. The summed E-state index contributed by atoms with van der Waals surface area (Å²) in [6.07, 6.45) is 1.32. The fourth-order valence-corrected chi connectivity index (χ4v) is 2.12. The van der Waals surface area contributed by atoms with Crippen molar-refractivity contribution < 1.29 is 4.79 Å². The van der Waals surface area contributed by atoms with Crippen molar-refractivity contribution in [2.75, 3.05) is 6.54 Å². The van der Waals surface area contributed by atoms with E-state index in [0.29, 0.717) is 13.0 Å². The summed E-state index contributed by atoms with van der Waals surface area (Å²) >= 11 is 1.67. The molecule has 0 saturated carbocycles. The molecular weight excluding hydrogens is 232 g/mol. The molecule has 0 aliphatic rings. The molecule has 3 nitrogen and oxygen atoms in total. The predicted octanol–water partition coefficient (Wildman–Crippen LogP) is 2.09. The van der Waals surface area contributed by atoms with Gasteiger partial charge in [0.25, 0.3) is 0 Å². The van der Waals surface area contributed by atoms with Crippen molar-refractivity contribution in [2.24, 2.45) is 5.73 Å². The van der Waals surface area contributed by atoms with Crippen molar-refractivity contribution in [2.45, 2.75) is 25.8 Å². The summed E-state index contributed by atoms with van der Waals surface area (Å²) in [4.78, 5) is 12.5. The molecule has 0 spiro atoms. The van der Waals surface area contributed by atoms with E-state index in [0.717, 1.165) is 6.42 Å². The minimum Gasteiger partial charge on any atom is -0.348 e. The number of thiophene rings is 1. The Kier molecular flexibility index (Phi) is 7.38. The van der Waals surface area contributed by atoms with Gasteiger partial charge in [-0.05, 0) is 17.9 Å². The first-order valence-corrected chi connectivity index (χ1v) is 5.68. The van der Waals surface area contributed by atoms with Gasteiger partial charge in [-0.3, -0.25) is 4.79 Å². The molecule has 0 fully saturated rings. The maximum atomic E-state index is 11.3. The predicted molar refractivity (Wildman–Crippen MR) is 66.4 cm³/mol. The van der Waals surface area contributed by atoms with E-state index in [2.05, 4.69) is 12.2 Å². The van der Waals surface area contributed by atoms with Crippen LogP contribution in [-0.2, 0) is 4.79 Å². The smallest absolute Gasteiger partial charge is 0.221 e. The van der Waals surface area contributed by atoms with Crippen molar-refractivity contribution in [3.8, 4) is 0 Å². The third kappa shape index (κ3) is 4.64. The van der Waals surface area contributed by atoms with Crippen molar-refractivity contribution in [3.63, 3.8) is 0 Å². The van der Waals surface area contributed by atoms with Gasteiger partial charge in [-0.15, -0.1) is 23.7 Å². The lowest BCUT2D eigenvalue weighted by atomic mass is 10.2. The Labute approximate surface area is 100 Å². The van der Waals surface area contributed by atoms with Crippen LogP contribution in [0.4, 0.5) is 0 Å². The maximum Gasteiger partial charge on any atom is 0.221 e. The Balaban J connectivity index is 0.00000196. The van der Waals surface area contributed by atoms with Crippen LogP contribution >= 0.6 is 23.7 Å². The number of amides is 1. The molecule has 86 valence electrons. The molecule has 0 aliphatic carbocycles. The molecule has 1 heterocycles. The zero-order valence-electron chi connectivity index (χ0n) is 8.73. The van der Waals surface area contributed by atoms with Crippen molar-refractivity contribution in [1.29, 1.82) is 0 Å². The van der Waals surface area contributed by atoms with Gasteiger partial charge in [-0.1, -0.05) is 13.0 Å². The fraction of sp³-hybridized carbons (Fsp3) is 0.500. The third-order valence-electron chi connectivity index (χ3n) is 2.00. The normalized spacial score (nSPS) is 11.6. The molecular formula is C10H17ClN2OS. The lowest BCUT2D eigenvalue weighted by molar-refractivity contribution is -0.121. The van der Waals surface area contributed by atoms with Crippen molar-refractivity contribution in [3.05, 3.63) is 22.4 Å². The summed E-state index contributed by atoms with van der Waals surface area (Å²) in [5.74, 6) is 0.0350. The number of carbonyl (C=O) groups excluding carboxylic acids is 1. The monoisotopic (exact) mass is 248 g/mol. The molecule has 0 radical (unpaired) electrons. The number of hydrogen-bond acceptors (Lipinski definition) is 3. The van der Waals surface area contributed by atoms with E-state index in [1.165, 1.54) is 4.88 Å². The molecule has 3 N–H and O–H groups in total. The first-order chi connectivity index (χ1) is 6.77. The quantitative estimate of drug-likeness (QED) is 0.838. The number of nitrogens with two attached hydrogens (primary N) is 1. The number of hydrogen-bond donors (Lipinski definition) is 2. The Morgan fingerprint density at radius 2 is 2.40 bits per heavy atom. The summed E-state index contributed by atoms with van der Waals surface area (Å²) in [6, 6.07) is 4.19. The second-order valence-electron chi connectivity index (χ2n) is 3.08. The third-order valence-corrected chi connectivity index (χ3v) is 2.99. The molecule has 1 aromatic heterocycles. The van der Waals surface area contributed by atoms with Gasteiger partial charge in [0.15, 0.2) is 0 Å². The van der Waals surface area contributed by atoms with Crippen molar-refractivity contribution >= 4 is 29.7 Å². The molecule has 1 aromatic rings. The first-order valence-electron chi connectivity index (χ1n) is 4.80. The zero-order valence-corrected chi connectivity index (χ0v) is 10.4. The molecule has 0 saturated heterocycles. The molecule has 0 aliphatic heterocycles. The number of nitrogens with one attached hydrogen (secondary N) is 1. The molecule has 5 heteroatoms. The van der Waals surface area contributed by atoms with Crippen LogP contribution in [0.3, 0.4) is 0 Å². The van der Waals surface area contributed by atoms with Gasteiger partial charge in [-0.25, -0.2) is 0 Å². The number of rotatable bonds is 5. The lowest BCUT2D eigenvalue weighted by Gasteiger charge is -2.14. The molecule has 0 bridgehead atoms. The second-order valence-corrected chi connectivity index (χ2v) is 4.06. The van der Waals surface area contributed by atoms with E-state index in [9.17, 15) is 4.79 Å². The minimum atomic E-state index is 0. The summed E-state index contributed by atoms with van der Waals surface area (Å²) in [6.45, 7) is 2.47. The fourth-order valence-electron chi connectivity index (χ4n) is 1.26. The zero-order chi connectivity index (χ0) is 10.4. The van der Waals surface area contributed by atoms with Gasteiger partial charge in [0.1, 0.15) is 0 Å². The number of halogens is 1. The van der Waals surface area contributed by atoms with Crippen LogP contribution in [0.2, 0.25) is 0 Å². The summed E-state index contributed by atoms with van der Waals surface area (Å²) < 4.78 is 0. The van der Waals surface area contributed by atoms with Crippen molar-refractivity contribution in [1.82, 2.24) is 5.32 Å². The van der Waals surface area contributed by atoms with E-state index in [1.54, 1.807) is 11.3 Å². The SMILES string of the molecule is CCC(NC(=O)CCN)c1cccs1.Cl. The Morgan fingerprint density at radius 3 is 2.87 bits per heavy atom. The summed E-state index contributed by atoms with van der Waals surface area (Å²) in [5, 5.41) is 4.98. The first kappa shape index (κ1) is 14.4. The largest absolute Gasteiger partial charge is 0.348 e. The van der Waals surface area contributed by atoms with Crippen LogP contribution in [0, 0.1) is 0 Å². The molecule has 1 atom stereocenters. The topological polar surface area (TPSA) is 55.1 Å². The Morgan fingerprint density at radius 1 is 1.67 bits per heavy atom. The van der Waals surface area contributed by atoms with Crippen LogP contribution in [0.25, 0.3) is 0 Å². The highest BCUT2D eigenvalue weighted by molar-refractivity contribution is 7.10. The van der Waals surface area contributed by atoms with Crippen LogP contribution in [0.1, 0.15) is 30.7 Å². The molecule has 1 unspecified atom stereocenters. The maximum absolute atomic E-state index is 11.3. The average Bonchev–Trinajstić information content (AvgIpc) is 2.67. The highest BCUT2D eigenvalue weighted by Gasteiger charge is 2.12. The van der Waals surface area contributed by atoms with E-state index >= 15 is 0 Å². The number of carbonyl (C=O) groups is 1. The summed E-state index contributed by atoms with van der Waals surface area (Å²) in [7, 11) is 0. The van der Waals surface area contributed by atoms with E-state index in [1.807, 2.05) is 17.5 Å². The Bertz CT molecular complexity index is 277. The summed E-state index contributed by atoms with van der Waals surface area (Å²) in [5.41, 5.74) is 5.31. The minimum absolute atomic E-state index is 0. The van der Waals surface area contributed by atoms with E-state index in [4.69, 9.17) is 5.73 Å². The van der Waals surface area contributed by atoms with Gasteiger partial charge >= 0.3 is 0 Å². The van der Waals surface area contributed by atoms with Gasteiger partial charge in [0, 0.05) is 17.8 Å². The van der Waals surface area contributed by atoms with E-state index in [-0.39, 0.29) is 24.4 Å².